The van der Waals surface area contributed by atoms with Crippen LogP contribution in [-0.4, -0.2) is 73.7 Å². The number of likely N-dealkylation sites (tertiary alicyclic amines) is 1. The van der Waals surface area contributed by atoms with Gasteiger partial charge in [0.15, 0.2) is 0 Å². The van der Waals surface area contributed by atoms with Crippen LogP contribution in [0.1, 0.15) is 23.1 Å². The van der Waals surface area contributed by atoms with Crippen molar-refractivity contribution in [1.82, 2.24) is 14.1 Å². The molecule has 2 aliphatic heterocycles. The minimum Gasteiger partial charge on any atom is -0.341 e. The number of hydrogen-bond donors (Lipinski definition) is 0. The molecule has 0 radical (unpaired) electrons. The van der Waals surface area contributed by atoms with Gasteiger partial charge in [-0.05, 0) is 49.4 Å². The van der Waals surface area contributed by atoms with Crippen LogP contribution in [0.15, 0.2) is 53.4 Å². The number of carbonyl (C=O) groups excluding carboxylic acids is 1. The Morgan fingerprint density at radius 3 is 2.35 bits per heavy atom. The number of benzene rings is 2. The quantitative estimate of drug-likeness (QED) is 0.691. The van der Waals surface area contributed by atoms with Crippen molar-refractivity contribution in [1.29, 1.82) is 0 Å². The molecule has 0 aliphatic carbocycles. The molecule has 2 aromatic rings. The third-order valence-electron chi connectivity index (χ3n) is 6.46. The molecule has 2 heterocycles. The van der Waals surface area contributed by atoms with E-state index in [9.17, 15) is 13.2 Å². The second kappa shape index (κ2) is 9.10. The van der Waals surface area contributed by atoms with E-state index >= 15 is 0 Å². The third-order valence-corrected chi connectivity index (χ3v) is 8.50. The number of rotatable bonds is 6. The largest absolute Gasteiger partial charge is 0.341 e. The van der Waals surface area contributed by atoms with Gasteiger partial charge in [0.1, 0.15) is 0 Å². The van der Waals surface area contributed by atoms with Crippen LogP contribution in [0, 0.1) is 13.8 Å². The van der Waals surface area contributed by atoms with Gasteiger partial charge < -0.3 is 4.90 Å². The highest BCUT2D eigenvalue weighted by atomic mass is 32.2. The Kier molecular flexibility index (Phi) is 6.46. The monoisotopic (exact) mass is 441 g/mol. The van der Waals surface area contributed by atoms with Crippen molar-refractivity contribution < 1.29 is 13.2 Å². The molecule has 31 heavy (non-hydrogen) atoms. The average Bonchev–Trinajstić information content (AvgIpc) is 3.15. The topological polar surface area (TPSA) is 60.9 Å². The summed E-state index contributed by atoms with van der Waals surface area (Å²) in [6, 6.07) is 15.7. The predicted molar refractivity (Wildman–Crippen MR) is 121 cm³/mol. The van der Waals surface area contributed by atoms with Gasteiger partial charge in [-0.2, -0.15) is 4.31 Å². The van der Waals surface area contributed by atoms with Crippen molar-refractivity contribution in [3.05, 3.63) is 65.2 Å². The summed E-state index contributed by atoms with van der Waals surface area (Å²) in [5.74, 6) is 0.182. The maximum atomic E-state index is 13.2. The highest BCUT2D eigenvalue weighted by Gasteiger charge is 2.38. The molecule has 0 saturated carbocycles. The smallest absolute Gasteiger partial charge is 0.243 e. The number of nitrogens with zero attached hydrogens (tertiary/aromatic N) is 3. The van der Waals surface area contributed by atoms with Crippen LogP contribution >= 0.6 is 0 Å². The SMILES string of the molecule is Cc1ccc(C)c(S(=O)(=O)N2CCN(C3CCN(CCc4ccccc4)C3=O)CC2)c1. The van der Waals surface area contributed by atoms with Crippen LogP contribution in [0.2, 0.25) is 0 Å². The first-order valence-electron chi connectivity index (χ1n) is 11.0. The maximum absolute atomic E-state index is 13.2. The number of aryl methyl sites for hydroxylation is 2. The maximum Gasteiger partial charge on any atom is 0.243 e. The van der Waals surface area contributed by atoms with Crippen LogP contribution < -0.4 is 0 Å². The van der Waals surface area contributed by atoms with Gasteiger partial charge in [-0.15, -0.1) is 0 Å². The van der Waals surface area contributed by atoms with Crippen molar-refractivity contribution in [3.63, 3.8) is 0 Å². The molecule has 6 nitrogen and oxygen atoms in total. The van der Waals surface area contributed by atoms with Crippen LogP contribution in [-0.2, 0) is 21.2 Å². The Bertz CT molecular complexity index is 1030. The number of amides is 1. The van der Waals surface area contributed by atoms with E-state index in [4.69, 9.17) is 0 Å². The zero-order valence-corrected chi connectivity index (χ0v) is 19.1. The molecule has 2 aromatic carbocycles. The van der Waals surface area contributed by atoms with E-state index in [1.165, 1.54) is 5.56 Å². The molecule has 0 aromatic heterocycles. The number of carbonyl (C=O) groups is 1. The lowest BCUT2D eigenvalue weighted by atomic mass is 10.1. The Morgan fingerprint density at radius 2 is 1.65 bits per heavy atom. The van der Waals surface area contributed by atoms with E-state index in [2.05, 4.69) is 17.0 Å². The van der Waals surface area contributed by atoms with E-state index in [0.29, 0.717) is 31.1 Å². The second-order valence-electron chi connectivity index (χ2n) is 8.57. The van der Waals surface area contributed by atoms with Crippen molar-refractivity contribution >= 4 is 15.9 Å². The third kappa shape index (κ3) is 4.68. The molecule has 4 rings (SSSR count). The van der Waals surface area contributed by atoms with Gasteiger partial charge in [-0.3, -0.25) is 9.69 Å². The van der Waals surface area contributed by atoms with Gasteiger partial charge >= 0.3 is 0 Å². The standard InChI is InChI=1S/C24H31N3O3S/c1-19-8-9-20(2)23(18-19)31(29,30)27-16-14-25(15-17-27)22-11-13-26(24(22)28)12-10-21-6-4-3-5-7-21/h3-9,18,22H,10-17H2,1-2H3. The van der Waals surface area contributed by atoms with Crippen molar-refractivity contribution in [2.75, 3.05) is 39.3 Å². The fourth-order valence-corrected chi connectivity index (χ4v) is 6.30. The predicted octanol–water partition coefficient (Wildman–Crippen LogP) is 2.45. The normalized spacial score (nSPS) is 21.0. The molecule has 2 saturated heterocycles. The second-order valence-corrected chi connectivity index (χ2v) is 10.5. The molecular weight excluding hydrogens is 410 g/mol. The van der Waals surface area contributed by atoms with E-state index in [-0.39, 0.29) is 11.9 Å². The van der Waals surface area contributed by atoms with Gasteiger partial charge in [0, 0.05) is 39.3 Å². The number of sulfonamides is 1. The molecule has 1 atom stereocenters. The van der Waals surface area contributed by atoms with E-state index < -0.39 is 10.0 Å². The van der Waals surface area contributed by atoms with Gasteiger partial charge in [0.05, 0.1) is 10.9 Å². The summed E-state index contributed by atoms with van der Waals surface area (Å²) in [4.78, 5) is 17.5. The average molecular weight is 442 g/mol. The molecule has 0 spiro atoms. The Balaban J connectivity index is 1.34. The van der Waals surface area contributed by atoms with E-state index in [0.717, 1.165) is 37.1 Å². The number of hydrogen-bond acceptors (Lipinski definition) is 4. The lowest BCUT2D eigenvalue weighted by Crippen LogP contribution is -2.53. The molecule has 7 heteroatoms. The Labute approximate surface area is 185 Å². The minimum atomic E-state index is -3.51. The first-order chi connectivity index (χ1) is 14.9. The first kappa shape index (κ1) is 22.0. The summed E-state index contributed by atoms with van der Waals surface area (Å²) in [5, 5.41) is 0. The van der Waals surface area contributed by atoms with Gasteiger partial charge in [0.25, 0.3) is 0 Å². The fourth-order valence-electron chi connectivity index (χ4n) is 4.57. The van der Waals surface area contributed by atoms with Crippen molar-refractivity contribution in [2.45, 2.75) is 37.6 Å². The number of piperazine rings is 1. The summed E-state index contributed by atoms with van der Waals surface area (Å²) in [6.45, 7) is 7.28. The molecule has 0 bridgehead atoms. The van der Waals surface area contributed by atoms with Crippen LogP contribution in [0.4, 0.5) is 0 Å². The Morgan fingerprint density at radius 1 is 0.935 bits per heavy atom. The van der Waals surface area contributed by atoms with Crippen LogP contribution in [0.5, 0.6) is 0 Å². The van der Waals surface area contributed by atoms with Gasteiger partial charge in [-0.25, -0.2) is 8.42 Å². The van der Waals surface area contributed by atoms with Gasteiger partial charge in [-0.1, -0.05) is 42.5 Å². The molecule has 2 aliphatic rings. The first-order valence-corrected chi connectivity index (χ1v) is 12.4. The van der Waals surface area contributed by atoms with Crippen LogP contribution in [0.25, 0.3) is 0 Å². The lowest BCUT2D eigenvalue weighted by Gasteiger charge is -2.36. The molecule has 166 valence electrons. The molecule has 1 unspecified atom stereocenters. The lowest BCUT2D eigenvalue weighted by molar-refractivity contribution is -0.132. The minimum absolute atomic E-state index is 0.124. The van der Waals surface area contributed by atoms with E-state index in [1.807, 2.05) is 49.1 Å². The highest BCUT2D eigenvalue weighted by Crippen LogP contribution is 2.25. The summed E-state index contributed by atoms with van der Waals surface area (Å²) in [7, 11) is -3.51. The molecule has 1 amide bonds. The Hall–Kier alpha value is -2.22. The molecular formula is C24H31N3O3S. The zero-order chi connectivity index (χ0) is 22.0. The molecule has 2 fully saturated rings. The fraction of sp³-hybridized carbons (Fsp3) is 0.458. The van der Waals surface area contributed by atoms with Crippen molar-refractivity contribution in [2.24, 2.45) is 0 Å². The van der Waals surface area contributed by atoms with Crippen molar-refractivity contribution in [3.8, 4) is 0 Å². The van der Waals surface area contributed by atoms with Gasteiger partial charge in [0.2, 0.25) is 15.9 Å². The summed E-state index contributed by atoms with van der Waals surface area (Å²) in [6.07, 6.45) is 1.68. The summed E-state index contributed by atoms with van der Waals surface area (Å²) in [5.41, 5.74) is 2.95. The zero-order valence-electron chi connectivity index (χ0n) is 18.3. The van der Waals surface area contributed by atoms with E-state index in [1.54, 1.807) is 10.4 Å². The summed E-state index contributed by atoms with van der Waals surface area (Å²) < 4.78 is 27.9. The highest BCUT2D eigenvalue weighted by molar-refractivity contribution is 7.89. The summed E-state index contributed by atoms with van der Waals surface area (Å²) >= 11 is 0. The molecule has 0 N–H and O–H groups in total. The van der Waals surface area contributed by atoms with Crippen LogP contribution in [0.3, 0.4) is 0 Å².